The summed E-state index contributed by atoms with van der Waals surface area (Å²) in [5.74, 6) is 0. The highest BCUT2D eigenvalue weighted by molar-refractivity contribution is 4.72. The Morgan fingerprint density at radius 3 is 3.00 bits per heavy atom. The molecule has 1 rings (SSSR count). The molecule has 2 N–H and O–H groups in total. The molecule has 0 aromatic carbocycles. The van der Waals surface area contributed by atoms with Crippen LogP contribution in [0.3, 0.4) is 0 Å². The number of hydrogen-bond donors (Lipinski definition) is 2. The van der Waals surface area contributed by atoms with Crippen LogP contribution in [0.2, 0.25) is 0 Å². The van der Waals surface area contributed by atoms with Crippen LogP contribution in [0.1, 0.15) is 19.3 Å². The second kappa shape index (κ2) is 3.85. The van der Waals surface area contributed by atoms with Gasteiger partial charge in [0.1, 0.15) is 0 Å². The highest BCUT2D eigenvalue weighted by Crippen LogP contribution is 2.04. The summed E-state index contributed by atoms with van der Waals surface area (Å²) >= 11 is 0. The van der Waals surface area contributed by atoms with Gasteiger partial charge in [0, 0.05) is 12.6 Å². The Hall–Kier alpha value is -0.0800. The summed E-state index contributed by atoms with van der Waals surface area (Å²) in [5.41, 5.74) is 0. The number of nitrogens with one attached hydrogen (secondary N) is 2. The second-order valence-electron chi connectivity index (χ2n) is 2.70. The van der Waals surface area contributed by atoms with E-state index in [-0.39, 0.29) is 0 Å². The first-order valence-electron chi connectivity index (χ1n) is 3.81. The zero-order valence-electron chi connectivity index (χ0n) is 6.11. The predicted octanol–water partition coefficient (Wildman–Crippen LogP) is 0.348. The largest absolute Gasteiger partial charge is 0.318 e. The van der Waals surface area contributed by atoms with Gasteiger partial charge < -0.3 is 10.6 Å². The zero-order chi connectivity index (χ0) is 6.53. The quantitative estimate of drug-likeness (QED) is 0.560. The summed E-state index contributed by atoms with van der Waals surface area (Å²) in [4.78, 5) is 0. The lowest BCUT2D eigenvalue weighted by Crippen LogP contribution is -2.40. The molecule has 1 aliphatic heterocycles. The molecule has 0 bridgehead atoms. The molecule has 1 atom stereocenters. The molecule has 0 saturated carbocycles. The van der Waals surface area contributed by atoms with Crippen molar-refractivity contribution in [3.63, 3.8) is 0 Å². The lowest BCUT2D eigenvalue weighted by Gasteiger charge is -2.22. The molecule has 54 valence electrons. The number of rotatable bonds is 2. The molecule has 0 aromatic rings. The van der Waals surface area contributed by atoms with Gasteiger partial charge in [-0.3, -0.25) is 0 Å². The van der Waals surface area contributed by atoms with Crippen LogP contribution >= 0.6 is 0 Å². The third-order valence-electron chi connectivity index (χ3n) is 1.86. The highest BCUT2D eigenvalue weighted by atomic mass is 15.0. The maximum atomic E-state index is 3.46. The van der Waals surface area contributed by atoms with Gasteiger partial charge in [0.05, 0.1) is 0 Å². The van der Waals surface area contributed by atoms with Gasteiger partial charge in [-0.05, 0) is 26.4 Å². The van der Waals surface area contributed by atoms with Crippen molar-refractivity contribution in [1.82, 2.24) is 10.6 Å². The van der Waals surface area contributed by atoms with Crippen LogP contribution in [0, 0.1) is 0 Å². The lowest BCUT2D eigenvalue weighted by atomic mass is 10.1. The van der Waals surface area contributed by atoms with Gasteiger partial charge in [-0.1, -0.05) is 6.42 Å². The Balaban J connectivity index is 2.08. The lowest BCUT2D eigenvalue weighted by molar-refractivity contribution is 0.392. The molecule has 0 aromatic heterocycles. The minimum absolute atomic E-state index is 0.740. The Bertz CT molecular complexity index is 64.6. The first-order valence-corrected chi connectivity index (χ1v) is 3.81. The Morgan fingerprint density at radius 2 is 2.44 bits per heavy atom. The average molecular weight is 128 g/mol. The summed E-state index contributed by atoms with van der Waals surface area (Å²) in [6.45, 7) is 2.34. The van der Waals surface area contributed by atoms with E-state index in [1.54, 1.807) is 0 Å². The van der Waals surface area contributed by atoms with Crippen LogP contribution in [0.5, 0.6) is 0 Å². The minimum Gasteiger partial charge on any atom is -0.318 e. The maximum absolute atomic E-state index is 3.46. The summed E-state index contributed by atoms with van der Waals surface area (Å²) < 4.78 is 0. The molecular formula is C7H16N2. The predicted molar refractivity (Wildman–Crippen MR) is 39.6 cm³/mol. The fraction of sp³-hybridized carbons (Fsp3) is 1.00. The molecule has 2 heteroatoms. The van der Waals surface area contributed by atoms with Crippen molar-refractivity contribution in [2.45, 2.75) is 25.3 Å². The minimum atomic E-state index is 0.740. The molecule has 9 heavy (non-hydrogen) atoms. The van der Waals surface area contributed by atoms with E-state index in [0.29, 0.717) is 0 Å². The van der Waals surface area contributed by atoms with Crippen LogP contribution in [-0.4, -0.2) is 26.2 Å². The summed E-state index contributed by atoms with van der Waals surface area (Å²) in [6.07, 6.45) is 4.11. The van der Waals surface area contributed by atoms with Crippen LogP contribution in [0.4, 0.5) is 0 Å². The van der Waals surface area contributed by atoms with Gasteiger partial charge in [0.25, 0.3) is 0 Å². The molecule has 0 amide bonds. The molecule has 1 heterocycles. The second-order valence-corrected chi connectivity index (χ2v) is 2.70. The molecule has 0 spiro atoms. The fourth-order valence-electron chi connectivity index (χ4n) is 1.34. The van der Waals surface area contributed by atoms with Crippen molar-refractivity contribution in [3.05, 3.63) is 0 Å². The first-order chi connectivity index (χ1) is 4.43. The summed E-state index contributed by atoms with van der Waals surface area (Å²) in [6, 6.07) is 0.740. The van der Waals surface area contributed by atoms with E-state index in [1.807, 2.05) is 7.05 Å². The van der Waals surface area contributed by atoms with Crippen LogP contribution < -0.4 is 10.6 Å². The van der Waals surface area contributed by atoms with Crippen molar-refractivity contribution in [2.75, 3.05) is 20.1 Å². The summed E-state index contributed by atoms with van der Waals surface area (Å²) in [5, 5.41) is 6.63. The average Bonchev–Trinajstić information content (AvgIpc) is 1.91. The monoisotopic (exact) mass is 128 g/mol. The number of piperidine rings is 1. The zero-order valence-corrected chi connectivity index (χ0v) is 6.11. The standard InChI is InChI=1S/C7H16N2/c1-8-6-7-4-2-3-5-9-7/h7-9H,2-6H2,1H3/t7-/m1/s1. The van der Waals surface area contributed by atoms with Crippen molar-refractivity contribution in [1.29, 1.82) is 0 Å². The van der Waals surface area contributed by atoms with E-state index in [0.717, 1.165) is 12.6 Å². The Labute approximate surface area is 57.0 Å². The van der Waals surface area contributed by atoms with Crippen molar-refractivity contribution < 1.29 is 0 Å². The van der Waals surface area contributed by atoms with Crippen molar-refractivity contribution in [3.8, 4) is 0 Å². The molecule has 2 nitrogen and oxygen atoms in total. The maximum Gasteiger partial charge on any atom is 0.0192 e. The van der Waals surface area contributed by atoms with E-state index < -0.39 is 0 Å². The van der Waals surface area contributed by atoms with Crippen LogP contribution in [-0.2, 0) is 0 Å². The molecular weight excluding hydrogens is 112 g/mol. The SMILES string of the molecule is CNC[C@H]1CCCCN1. The van der Waals surface area contributed by atoms with E-state index in [4.69, 9.17) is 0 Å². The molecule has 0 aliphatic carbocycles. The van der Waals surface area contributed by atoms with Gasteiger partial charge in [-0.25, -0.2) is 0 Å². The van der Waals surface area contributed by atoms with E-state index >= 15 is 0 Å². The van der Waals surface area contributed by atoms with Gasteiger partial charge in [-0.2, -0.15) is 0 Å². The Kier molecular flexibility index (Phi) is 3.01. The third-order valence-corrected chi connectivity index (χ3v) is 1.86. The molecule has 1 aliphatic rings. The van der Waals surface area contributed by atoms with Crippen molar-refractivity contribution in [2.24, 2.45) is 0 Å². The normalized spacial score (nSPS) is 28.3. The van der Waals surface area contributed by atoms with Gasteiger partial charge in [0.15, 0.2) is 0 Å². The van der Waals surface area contributed by atoms with Gasteiger partial charge in [-0.15, -0.1) is 0 Å². The molecule has 1 saturated heterocycles. The smallest absolute Gasteiger partial charge is 0.0192 e. The summed E-state index contributed by atoms with van der Waals surface area (Å²) in [7, 11) is 2.01. The van der Waals surface area contributed by atoms with Crippen LogP contribution in [0.15, 0.2) is 0 Å². The van der Waals surface area contributed by atoms with Crippen LogP contribution in [0.25, 0.3) is 0 Å². The van der Waals surface area contributed by atoms with Gasteiger partial charge >= 0.3 is 0 Å². The highest BCUT2D eigenvalue weighted by Gasteiger charge is 2.09. The molecule has 1 fully saturated rings. The van der Waals surface area contributed by atoms with Gasteiger partial charge in [0.2, 0.25) is 0 Å². The number of likely N-dealkylation sites (N-methyl/N-ethyl adjacent to an activating group) is 1. The fourth-order valence-corrected chi connectivity index (χ4v) is 1.34. The third kappa shape index (κ3) is 2.33. The molecule has 0 unspecified atom stereocenters. The van der Waals surface area contributed by atoms with E-state index in [2.05, 4.69) is 10.6 Å². The Morgan fingerprint density at radius 1 is 1.56 bits per heavy atom. The molecule has 0 radical (unpaired) electrons. The first kappa shape index (κ1) is 7.03. The van der Waals surface area contributed by atoms with E-state index in [1.165, 1.54) is 25.8 Å². The van der Waals surface area contributed by atoms with E-state index in [9.17, 15) is 0 Å². The van der Waals surface area contributed by atoms with Crippen molar-refractivity contribution >= 4 is 0 Å². The number of hydrogen-bond acceptors (Lipinski definition) is 2. The topological polar surface area (TPSA) is 24.1 Å².